The maximum absolute atomic E-state index is 12.6. The third-order valence-electron chi connectivity index (χ3n) is 4.72. The summed E-state index contributed by atoms with van der Waals surface area (Å²) in [7, 11) is 3.13. The highest BCUT2D eigenvalue weighted by molar-refractivity contribution is 5.77. The standard InChI is InChI=1S/C18H21N5O3/c1-4-10-26-13-7-5-6-12(11-13)22-8-9-23-14-15(19-17(22)23)20(2)18(25)21(3)16(14)24/h5-7,11H,4,8-10H2,1-3H3. The molecule has 0 spiro atoms. The van der Waals surface area contributed by atoms with Crippen molar-refractivity contribution in [3.63, 3.8) is 0 Å². The van der Waals surface area contributed by atoms with Gasteiger partial charge in [-0.1, -0.05) is 13.0 Å². The fourth-order valence-corrected chi connectivity index (χ4v) is 3.36. The molecule has 0 amide bonds. The largest absolute Gasteiger partial charge is 0.494 e. The number of aryl methyl sites for hydroxylation is 1. The van der Waals surface area contributed by atoms with Crippen molar-refractivity contribution in [2.24, 2.45) is 14.1 Å². The lowest BCUT2D eigenvalue weighted by atomic mass is 10.3. The number of hydrogen-bond donors (Lipinski definition) is 0. The average molecular weight is 355 g/mol. The number of ether oxygens (including phenoxy) is 1. The molecule has 0 unspecified atom stereocenters. The zero-order valence-electron chi connectivity index (χ0n) is 15.1. The van der Waals surface area contributed by atoms with E-state index in [1.807, 2.05) is 33.7 Å². The third-order valence-corrected chi connectivity index (χ3v) is 4.72. The summed E-state index contributed by atoms with van der Waals surface area (Å²) < 4.78 is 10.1. The minimum Gasteiger partial charge on any atom is -0.494 e. The summed E-state index contributed by atoms with van der Waals surface area (Å²) >= 11 is 0. The number of fused-ring (bicyclic) bond motifs is 3. The highest BCUT2D eigenvalue weighted by atomic mass is 16.5. The van der Waals surface area contributed by atoms with Crippen LogP contribution in [-0.4, -0.2) is 31.8 Å². The van der Waals surface area contributed by atoms with E-state index in [4.69, 9.17) is 4.74 Å². The molecule has 0 atom stereocenters. The van der Waals surface area contributed by atoms with Gasteiger partial charge >= 0.3 is 5.69 Å². The van der Waals surface area contributed by atoms with Gasteiger partial charge in [0.15, 0.2) is 11.2 Å². The van der Waals surface area contributed by atoms with E-state index in [0.717, 1.165) is 22.4 Å². The van der Waals surface area contributed by atoms with Crippen LogP contribution in [0, 0.1) is 0 Å². The second-order valence-corrected chi connectivity index (χ2v) is 6.44. The molecule has 136 valence electrons. The predicted octanol–water partition coefficient (Wildman–Crippen LogP) is 1.37. The summed E-state index contributed by atoms with van der Waals surface area (Å²) in [6.45, 7) is 4.08. The monoisotopic (exact) mass is 355 g/mol. The minimum absolute atomic E-state index is 0.316. The molecule has 2 aromatic heterocycles. The zero-order chi connectivity index (χ0) is 18.4. The SMILES string of the molecule is CCCOc1cccc(N2CCn3c2nc2c3c(=O)n(C)c(=O)n2C)c1. The molecule has 0 radical (unpaired) electrons. The molecule has 0 saturated heterocycles. The van der Waals surface area contributed by atoms with Crippen molar-refractivity contribution in [2.45, 2.75) is 19.9 Å². The van der Waals surface area contributed by atoms with Crippen molar-refractivity contribution < 1.29 is 4.74 Å². The van der Waals surface area contributed by atoms with Crippen LogP contribution >= 0.6 is 0 Å². The van der Waals surface area contributed by atoms with Gasteiger partial charge in [0.1, 0.15) is 5.75 Å². The quantitative estimate of drug-likeness (QED) is 0.707. The minimum atomic E-state index is -0.374. The fraction of sp³-hybridized carbons (Fsp3) is 0.389. The molecule has 1 aliphatic heterocycles. The van der Waals surface area contributed by atoms with Gasteiger partial charge in [-0.25, -0.2) is 4.79 Å². The Bertz CT molecular complexity index is 1110. The number of imidazole rings is 1. The Labute approximate surface area is 149 Å². The molecule has 3 heterocycles. The maximum Gasteiger partial charge on any atom is 0.332 e. The van der Waals surface area contributed by atoms with Crippen LogP contribution in [0.25, 0.3) is 11.2 Å². The number of anilines is 2. The Morgan fingerprint density at radius 3 is 2.73 bits per heavy atom. The summed E-state index contributed by atoms with van der Waals surface area (Å²) in [5, 5.41) is 0. The summed E-state index contributed by atoms with van der Waals surface area (Å²) in [5.74, 6) is 1.48. The van der Waals surface area contributed by atoms with E-state index in [1.165, 1.54) is 11.6 Å². The Balaban J connectivity index is 1.84. The van der Waals surface area contributed by atoms with E-state index in [0.29, 0.717) is 36.8 Å². The number of hydrogen-bond acceptors (Lipinski definition) is 5. The van der Waals surface area contributed by atoms with Crippen molar-refractivity contribution in [3.05, 3.63) is 45.1 Å². The third kappa shape index (κ3) is 2.33. The molecule has 0 aliphatic carbocycles. The van der Waals surface area contributed by atoms with Crippen molar-refractivity contribution in [1.82, 2.24) is 18.7 Å². The molecule has 1 aliphatic rings. The topological polar surface area (TPSA) is 74.3 Å². The van der Waals surface area contributed by atoms with E-state index in [2.05, 4.69) is 11.9 Å². The molecule has 0 N–H and O–H groups in total. The number of aromatic nitrogens is 4. The maximum atomic E-state index is 12.6. The van der Waals surface area contributed by atoms with E-state index in [1.54, 1.807) is 7.05 Å². The van der Waals surface area contributed by atoms with Gasteiger partial charge in [0.2, 0.25) is 5.95 Å². The number of rotatable bonds is 4. The number of benzene rings is 1. The van der Waals surface area contributed by atoms with Gasteiger partial charge in [-0.2, -0.15) is 4.98 Å². The lowest BCUT2D eigenvalue weighted by Gasteiger charge is -2.17. The van der Waals surface area contributed by atoms with Crippen LogP contribution in [0.2, 0.25) is 0 Å². The molecule has 3 aromatic rings. The Hall–Kier alpha value is -3.03. The molecule has 0 fully saturated rings. The van der Waals surface area contributed by atoms with Crippen LogP contribution in [0.15, 0.2) is 33.9 Å². The van der Waals surface area contributed by atoms with Gasteiger partial charge in [-0.05, 0) is 18.6 Å². The lowest BCUT2D eigenvalue weighted by Crippen LogP contribution is -2.37. The number of nitrogens with zero attached hydrogens (tertiary/aromatic N) is 5. The molecular formula is C18H21N5O3. The summed E-state index contributed by atoms with van der Waals surface area (Å²) in [5.41, 5.74) is 1.14. The molecule has 26 heavy (non-hydrogen) atoms. The van der Waals surface area contributed by atoms with Crippen LogP contribution < -0.4 is 20.9 Å². The summed E-state index contributed by atoms with van der Waals surface area (Å²) in [6.07, 6.45) is 0.945. The lowest BCUT2D eigenvalue weighted by molar-refractivity contribution is 0.317. The smallest absolute Gasteiger partial charge is 0.332 e. The van der Waals surface area contributed by atoms with Crippen LogP contribution in [0.5, 0.6) is 5.75 Å². The van der Waals surface area contributed by atoms with E-state index in [9.17, 15) is 9.59 Å². The Kier molecular flexibility index (Phi) is 3.82. The van der Waals surface area contributed by atoms with Crippen molar-refractivity contribution in [3.8, 4) is 5.75 Å². The van der Waals surface area contributed by atoms with Gasteiger partial charge in [-0.15, -0.1) is 0 Å². The normalized spacial score (nSPS) is 13.4. The second kappa shape index (κ2) is 6.05. The van der Waals surface area contributed by atoms with Crippen molar-refractivity contribution in [2.75, 3.05) is 18.1 Å². The molecule has 1 aromatic carbocycles. The second-order valence-electron chi connectivity index (χ2n) is 6.44. The molecular weight excluding hydrogens is 334 g/mol. The first-order valence-electron chi connectivity index (χ1n) is 8.69. The van der Waals surface area contributed by atoms with Gasteiger partial charge in [0, 0.05) is 38.9 Å². The molecule has 4 rings (SSSR count). The highest BCUT2D eigenvalue weighted by Crippen LogP contribution is 2.33. The van der Waals surface area contributed by atoms with Crippen LogP contribution in [0.1, 0.15) is 13.3 Å². The van der Waals surface area contributed by atoms with Gasteiger partial charge in [0.05, 0.1) is 6.61 Å². The van der Waals surface area contributed by atoms with Crippen LogP contribution in [-0.2, 0) is 20.6 Å². The van der Waals surface area contributed by atoms with Gasteiger partial charge in [0.25, 0.3) is 5.56 Å². The van der Waals surface area contributed by atoms with Gasteiger partial charge in [-0.3, -0.25) is 13.9 Å². The summed E-state index contributed by atoms with van der Waals surface area (Å²) in [4.78, 5) is 31.4. The first-order chi connectivity index (χ1) is 12.5. The Morgan fingerprint density at radius 1 is 1.15 bits per heavy atom. The van der Waals surface area contributed by atoms with Crippen molar-refractivity contribution in [1.29, 1.82) is 0 Å². The highest BCUT2D eigenvalue weighted by Gasteiger charge is 2.28. The van der Waals surface area contributed by atoms with Gasteiger partial charge < -0.3 is 14.2 Å². The molecule has 0 bridgehead atoms. The molecule has 8 heteroatoms. The van der Waals surface area contributed by atoms with Crippen LogP contribution in [0.4, 0.5) is 11.6 Å². The van der Waals surface area contributed by atoms with E-state index in [-0.39, 0.29) is 11.2 Å². The zero-order valence-corrected chi connectivity index (χ0v) is 15.1. The predicted molar refractivity (Wildman–Crippen MR) is 99.4 cm³/mol. The molecule has 0 saturated carbocycles. The average Bonchev–Trinajstić information content (AvgIpc) is 3.22. The van der Waals surface area contributed by atoms with E-state index >= 15 is 0 Å². The van der Waals surface area contributed by atoms with E-state index < -0.39 is 0 Å². The van der Waals surface area contributed by atoms with Crippen LogP contribution in [0.3, 0.4) is 0 Å². The fourth-order valence-electron chi connectivity index (χ4n) is 3.36. The first-order valence-corrected chi connectivity index (χ1v) is 8.69. The first kappa shape index (κ1) is 16.4. The summed E-state index contributed by atoms with van der Waals surface area (Å²) in [6, 6.07) is 7.84. The van der Waals surface area contributed by atoms with Crippen molar-refractivity contribution >= 4 is 22.8 Å². The Morgan fingerprint density at radius 2 is 1.96 bits per heavy atom. The molecule has 8 nitrogen and oxygen atoms in total.